The van der Waals surface area contributed by atoms with Crippen LogP contribution in [0.5, 0.6) is 0 Å². The summed E-state index contributed by atoms with van der Waals surface area (Å²) < 4.78 is 0. The number of nitrogen functional groups attached to an aromatic ring is 1. The summed E-state index contributed by atoms with van der Waals surface area (Å²) in [6, 6.07) is 5.03. The van der Waals surface area contributed by atoms with Gasteiger partial charge < -0.3 is 39.7 Å². The number of carboxylic acids is 2. The van der Waals surface area contributed by atoms with Crippen molar-refractivity contribution in [2.24, 2.45) is 0 Å². The molecular formula is C20H27CaN7O6. The van der Waals surface area contributed by atoms with E-state index >= 15 is 0 Å². The summed E-state index contributed by atoms with van der Waals surface area (Å²) in [7, 11) is 1.79. The summed E-state index contributed by atoms with van der Waals surface area (Å²) in [5.74, 6) is -2.59. The molecule has 3 rings (SSSR count). The molecular weight excluding hydrogens is 474 g/mol. The third-order valence-electron chi connectivity index (χ3n) is 5.26. The van der Waals surface area contributed by atoms with Crippen molar-refractivity contribution in [3.63, 3.8) is 0 Å². The first-order chi connectivity index (χ1) is 15.7. The van der Waals surface area contributed by atoms with Gasteiger partial charge in [0, 0.05) is 37.8 Å². The number of nitrogens with two attached hydrogens (primary N) is 1. The van der Waals surface area contributed by atoms with Gasteiger partial charge in [0.1, 0.15) is 11.7 Å². The number of hydrogen-bond donors (Lipinski definition) is 7. The second-order valence-electron chi connectivity index (χ2n) is 7.55. The van der Waals surface area contributed by atoms with Crippen LogP contribution in [0.4, 0.5) is 23.1 Å². The van der Waals surface area contributed by atoms with Gasteiger partial charge in [-0.3, -0.25) is 19.4 Å². The quantitative estimate of drug-likeness (QED) is 0.220. The summed E-state index contributed by atoms with van der Waals surface area (Å²) in [5.41, 5.74) is 6.59. The number of nitrogens with zero attached hydrogens (tertiary/aromatic N) is 2. The molecule has 1 amide bonds. The van der Waals surface area contributed by atoms with Crippen LogP contribution in [-0.2, 0) is 9.59 Å². The molecule has 0 fully saturated rings. The number of likely N-dealkylation sites (N-methyl/N-ethyl adjacent to an activating group) is 1. The third kappa shape index (κ3) is 6.74. The zero-order chi connectivity index (χ0) is 24.1. The van der Waals surface area contributed by atoms with Crippen LogP contribution in [0.1, 0.15) is 26.1 Å². The van der Waals surface area contributed by atoms with Crippen LogP contribution in [-0.4, -0.2) is 108 Å². The third-order valence-corrected chi connectivity index (χ3v) is 5.26. The van der Waals surface area contributed by atoms with E-state index in [0.717, 1.165) is 5.69 Å². The molecule has 1 aromatic carbocycles. The van der Waals surface area contributed by atoms with Crippen LogP contribution in [0.2, 0.25) is 0 Å². The summed E-state index contributed by atoms with van der Waals surface area (Å²) >= 11 is 0. The topological polar surface area (TPSA) is 203 Å². The summed E-state index contributed by atoms with van der Waals surface area (Å²) in [4.78, 5) is 54.9. The summed E-state index contributed by atoms with van der Waals surface area (Å²) in [5, 5.41) is 26.6. The van der Waals surface area contributed by atoms with Gasteiger partial charge in [0.25, 0.3) is 11.5 Å². The number of carbonyl (C=O) groups is 3. The zero-order valence-corrected chi connectivity index (χ0v) is 20.7. The molecule has 1 aliphatic heterocycles. The number of hydrogen-bond acceptors (Lipinski definition) is 9. The van der Waals surface area contributed by atoms with E-state index in [1.165, 1.54) is 12.1 Å². The Morgan fingerprint density at radius 2 is 1.97 bits per heavy atom. The molecule has 0 bridgehead atoms. The maximum Gasteiger partial charge on any atom is 2.00 e. The van der Waals surface area contributed by atoms with Gasteiger partial charge in [-0.25, -0.2) is 4.79 Å². The molecule has 180 valence electrons. The molecule has 0 aliphatic carbocycles. The van der Waals surface area contributed by atoms with Gasteiger partial charge in [0.05, 0.1) is 6.04 Å². The normalized spacial score (nSPS) is 15.2. The number of amides is 1. The van der Waals surface area contributed by atoms with Crippen LogP contribution in [0.15, 0.2) is 29.1 Å². The average Bonchev–Trinajstić information content (AvgIpc) is 2.75. The molecule has 14 heteroatoms. The van der Waals surface area contributed by atoms with Crippen LogP contribution in [0, 0.1) is 0 Å². The Balaban J connectivity index is 0.00000408. The minimum atomic E-state index is -1.30. The molecule has 2 aromatic rings. The number of anilines is 4. The summed E-state index contributed by atoms with van der Waals surface area (Å²) in [6.07, 6.45) is -0.586. The van der Waals surface area contributed by atoms with Crippen molar-refractivity contribution >= 4 is 78.7 Å². The van der Waals surface area contributed by atoms with Gasteiger partial charge >= 0.3 is 49.7 Å². The molecule has 0 unspecified atom stereocenters. The van der Waals surface area contributed by atoms with Crippen LogP contribution in [0.3, 0.4) is 0 Å². The molecule has 1 aromatic heterocycles. The van der Waals surface area contributed by atoms with Crippen molar-refractivity contribution in [1.29, 1.82) is 0 Å². The van der Waals surface area contributed by atoms with E-state index in [-0.39, 0.29) is 76.5 Å². The Bertz CT molecular complexity index is 1120. The number of H-pyrrole nitrogens is 1. The number of carbonyl (C=O) groups excluding carboxylic acids is 1. The number of benzene rings is 1. The fourth-order valence-corrected chi connectivity index (χ4v) is 3.42. The van der Waals surface area contributed by atoms with Crippen molar-refractivity contribution in [2.75, 3.05) is 41.4 Å². The number of fused-ring (bicyclic) bond motifs is 1. The van der Waals surface area contributed by atoms with Crippen molar-refractivity contribution < 1.29 is 27.4 Å². The largest absolute Gasteiger partial charge is 2.00 e. The van der Waals surface area contributed by atoms with Gasteiger partial charge in [0.2, 0.25) is 5.95 Å². The Morgan fingerprint density at radius 1 is 1.29 bits per heavy atom. The number of aromatic amines is 1. The molecule has 2 heterocycles. The predicted octanol–water partition coefficient (Wildman–Crippen LogP) is -0.413. The maximum absolute atomic E-state index is 12.3. The number of nitrogens with one attached hydrogen (secondary N) is 4. The Hall–Kier alpha value is -3.03. The molecule has 0 spiro atoms. The van der Waals surface area contributed by atoms with Gasteiger partial charge in [-0.15, -0.1) is 0 Å². The smallest absolute Gasteiger partial charge is 1.00 e. The van der Waals surface area contributed by atoms with E-state index in [0.29, 0.717) is 24.6 Å². The fraction of sp³-hybridized carbons (Fsp3) is 0.350. The number of carboxylic acid groups (broad SMARTS) is 2. The molecule has 1 aliphatic rings. The molecule has 0 radical (unpaired) electrons. The first-order valence-electron chi connectivity index (χ1n) is 10.1. The van der Waals surface area contributed by atoms with E-state index in [9.17, 15) is 24.3 Å². The molecule has 0 saturated heterocycles. The van der Waals surface area contributed by atoms with Crippen molar-refractivity contribution in [3.05, 3.63) is 40.2 Å². The Kier molecular flexibility index (Phi) is 9.53. The number of aromatic nitrogens is 2. The SMILES string of the molecule is CN1c2c(nc(N)[nH]c2=O)NC[C@@H]1CNc1ccc(C(=O)N[C@@H](CCC(=O)O)C(=O)O)cc1.[Ca+2].[H-].[H-]. The number of rotatable bonds is 9. The molecule has 8 N–H and O–H groups in total. The fourth-order valence-electron chi connectivity index (χ4n) is 3.42. The minimum absolute atomic E-state index is 0. The van der Waals surface area contributed by atoms with E-state index < -0.39 is 23.9 Å². The standard InChI is InChI=1S/C20H25N7O6.Ca.2H/c1-27-12(9-23-16-15(27)18(31)26-20(21)25-16)8-22-11-4-2-10(3-5-11)17(30)24-13(19(32)33)6-7-14(28)29;;;/h2-5,12-13,22H,6-9H2,1H3,(H,24,30)(H,28,29)(H,32,33)(H4,21,23,25,26,31);;;/q;+2;2*-1/t12-,13-;;;/m0.../s1. The van der Waals surface area contributed by atoms with Crippen LogP contribution < -0.4 is 32.1 Å². The van der Waals surface area contributed by atoms with E-state index in [2.05, 4.69) is 25.9 Å². The minimum Gasteiger partial charge on any atom is -1.00 e. The van der Waals surface area contributed by atoms with Crippen LogP contribution in [0.25, 0.3) is 0 Å². The molecule has 13 nitrogen and oxygen atoms in total. The van der Waals surface area contributed by atoms with Crippen molar-refractivity contribution in [1.82, 2.24) is 15.3 Å². The molecule has 2 atom stereocenters. The van der Waals surface area contributed by atoms with Crippen LogP contribution >= 0.6 is 0 Å². The van der Waals surface area contributed by atoms with E-state index in [1.54, 1.807) is 19.2 Å². The van der Waals surface area contributed by atoms with Crippen molar-refractivity contribution in [2.45, 2.75) is 24.9 Å². The number of aliphatic carboxylic acids is 2. The van der Waals surface area contributed by atoms with Gasteiger partial charge in [0.15, 0.2) is 5.82 Å². The van der Waals surface area contributed by atoms with E-state index in [4.69, 9.17) is 10.8 Å². The van der Waals surface area contributed by atoms with Gasteiger partial charge in [-0.2, -0.15) is 4.98 Å². The Morgan fingerprint density at radius 3 is 2.59 bits per heavy atom. The molecule has 34 heavy (non-hydrogen) atoms. The maximum atomic E-state index is 12.3. The van der Waals surface area contributed by atoms with Gasteiger partial charge in [-0.05, 0) is 30.7 Å². The summed E-state index contributed by atoms with van der Waals surface area (Å²) in [6.45, 7) is 1.01. The monoisotopic (exact) mass is 501 g/mol. The first-order valence-corrected chi connectivity index (χ1v) is 10.1. The average molecular weight is 502 g/mol. The molecule has 0 saturated carbocycles. The second kappa shape index (κ2) is 11.9. The second-order valence-corrected chi connectivity index (χ2v) is 7.55. The predicted molar refractivity (Wildman–Crippen MR) is 129 cm³/mol. The Labute approximate surface area is 227 Å². The first kappa shape index (κ1) is 27.2. The van der Waals surface area contributed by atoms with Crippen molar-refractivity contribution in [3.8, 4) is 0 Å². The van der Waals surface area contributed by atoms with Gasteiger partial charge in [-0.1, -0.05) is 0 Å². The van der Waals surface area contributed by atoms with E-state index in [1.807, 2.05) is 4.90 Å². The zero-order valence-electron chi connectivity index (χ0n) is 20.5.